The fourth-order valence-electron chi connectivity index (χ4n) is 1.78. The summed E-state index contributed by atoms with van der Waals surface area (Å²) in [4.78, 5) is 7.09. The van der Waals surface area contributed by atoms with Gasteiger partial charge >= 0.3 is 0 Å². The van der Waals surface area contributed by atoms with Crippen LogP contribution in [0.1, 0.15) is 34.0 Å². The monoisotopic (exact) mass is 252 g/mol. The second kappa shape index (κ2) is 5.08. The minimum absolute atomic E-state index is 0.317. The molecule has 2 aromatic rings. The van der Waals surface area contributed by atoms with Crippen LogP contribution in [0.4, 0.5) is 0 Å². The smallest absolute Gasteiger partial charge is 0.0798 e. The lowest BCUT2D eigenvalue weighted by molar-refractivity contribution is 0.642. The van der Waals surface area contributed by atoms with Crippen LogP contribution in [0.15, 0.2) is 17.0 Å². The molecule has 0 spiro atoms. The number of thiophene rings is 1. The molecule has 2 heterocycles. The van der Waals surface area contributed by atoms with E-state index in [-0.39, 0.29) is 0 Å². The molecule has 1 N–H and O–H groups in total. The van der Waals surface area contributed by atoms with Gasteiger partial charge in [0.05, 0.1) is 17.2 Å². The van der Waals surface area contributed by atoms with Crippen molar-refractivity contribution in [2.24, 2.45) is 0 Å². The van der Waals surface area contributed by atoms with Gasteiger partial charge in [0.1, 0.15) is 0 Å². The van der Waals surface area contributed by atoms with Gasteiger partial charge in [-0.15, -0.1) is 22.7 Å². The maximum Gasteiger partial charge on any atom is 0.0798 e. The van der Waals surface area contributed by atoms with Crippen LogP contribution in [-0.2, 0) is 0 Å². The molecular formula is C12H16N2S2. The van der Waals surface area contributed by atoms with E-state index in [2.05, 4.69) is 42.5 Å². The molecule has 0 fully saturated rings. The Morgan fingerprint density at radius 2 is 2.12 bits per heavy atom. The summed E-state index contributed by atoms with van der Waals surface area (Å²) in [5.41, 5.74) is 4.44. The van der Waals surface area contributed by atoms with Crippen LogP contribution in [0.5, 0.6) is 0 Å². The number of hydrogen-bond donors (Lipinski definition) is 1. The van der Waals surface area contributed by atoms with Crippen molar-refractivity contribution in [2.75, 3.05) is 6.54 Å². The molecule has 0 radical (unpaired) electrons. The molecular weight excluding hydrogens is 236 g/mol. The lowest BCUT2D eigenvalue weighted by Crippen LogP contribution is -2.21. The molecule has 0 aliphatic rings. The average Bonchev–Trinajstić information content (AvgIpc) is 2.84. The summed E-state index contributed by atoms with van der Waals surface area (Å²) < 4.78 is 0. The summed E-state index contributed by atoms with van der Waals surface area (Å²) in [6.07, 6.45) is 0. The predicted molar refractivity (Wildman–Crippen MR) is 71.4 cm³/mol. The quantitative estimate of drug-likeness (QED) is 0.900. The highest BCUT2D eigenvalue weighted by atomic mass is 32.1. The largest absolute Gasteiger partial charge is 0.305 e. The zero-order valence-electron chi connectivity index (χ0n) is 9.78. The summed E-state index contributed by atoms with van der Waals surface area (Å²) in [6, 6.07) is 2.50. The SMILES string of the molecule is CCNC(c1sccc1C)c1scnc1C. The van der Waals surface area contributed by atoms with Gasteiger partial charge in [0.2, 0.25) is 0 Å². The molecule has 1 atom stereocenters. The van der Waals surface area contributed by atoms with E-state index in [1.807, 2.05) is 16.8 Å². The van der Waals surface area contributed by atoms with Crippen molar-refractivity contribution in [3.63, 3.8) is 0 Å². The van der Waals surface area contributed by atoms with Crippen molar-refractivity contribution in [1.29, 1.82) is 0 Å². The van der Waals surface area contributed by atoms with Crippen molar-refractivity contribution in [2.45, 2.75) is 26.8 Å². The summed E-state index contributed by atoms with van der Waals surface area (Å²) in [5.74, 6) is 0. The van der Waals surface area contributed by atoms with Gasteiger partial charge < -0.3 is 5.32 Å². The molecule has 0 aliphatic heterocycles. The van der Waals surface area contributed by atoms with Gasteiger partial charge in [-0.1, -0.05) is 6.92 Å². The standard InChI is InChI=1S/C12H16N2S2/c1-4-13-10(11-8(2)5-6-15-11)12-9(3)14-7-16-12/h5-7,10,13H,4H2,1-3H3. The molecule has 0 saturated carbocycles. The van der Waals surface area contributed by atoms with Crippen LogP contribution in [0, 0.1) is 13.8 Å². The van der Waals surface area contributed by atoms with Crippen LogP contribution < -0.4 is 5.32 Å². The van der Waals surface area contributed by atoms with Crippen LogP contribution in [0.2, 0.25) is 0 Å². The van der Waals surface area contributed by atoms with Crippen molar-refractivity contribution in [3.8, 4) is 0 Å². The fourth-order valence-corrected chi connectivity index (χ4v) is 3.75. The van der Waals surface area contributed by atoms with E-state index < -0.39 is 0 Å². The van der Waals surface area contributed by atoms with Crippen molar-refractivity contribution >= 4 is 22.7 Å². The van der Waals surface area contributed by atoms with E-state index in [4.69, 9.17) is 0 Å². The van der Waals surface area contributed by atoms with Gasteiger partial charge in [-0.2, -0.15) is 0 Å². The Bertz CT molecular complexity index is 419. The average molecular weight is 252 g/mol. The molecule has 0 aromatic carbocycles. The van der Waals surface area contributed by atoms with Gasteiger partial charge in [0, 0.05) is 9.75 Å². The van der Waals surface area contributed by atoms with E-state index in [0.717, 1.165) is 12.2 Å². The molecule has 2 nitrogen and oxygen atoms in total. The number of aromatic nitrogens is 1. The molecule has 2 aromatic heterocycles. The lowest BCUT2D eigenvalue weighted by atomic mass is 10.1. The first-order valence-electron chi connectivity index (χ1n) is 5.41. The Balaban J connectivity index is 2.39. The Morgan fingerprint density at radius 1 is 1.31 bits per heavy atom. The fraction of sp³-hybridized carbons (Fsp3) is 0.417. The van der Waals surface area contributed by atoms with E-state index >= 15 is 0 Å². The topological polar surface area (TPSA) is 24.9 Å². The highest BCUT2D eigenvalue weighted by molar-refractivity contribution is 7.11. The molecule has 0 amide bonds. The van der Waals surface area contributed by atoms with Crippen LogP contribution >= 0.6 is 22.7 Å². The summed E-state index contributed by atoms with van der Waals surface area (Å²) >= 11 is 3.56. The second-order valence-electron chi connectivity index (χ2n) is 3.76. The highest BCUT2D eigenvalue weighted by Crippen LogP contribution is 2.32. The Kier molecular flexibility index (Phi) is 3.74. The third kappa shape index (κ3) is 2.19. The Labute approximate surface area is 104 Å². The van der Waals surface area contributed by atoms with Gasteiger partial charge in [0.15, 0.2) is 0 Å². The van der Waals surface area contributed by atoms with Crippen molar-refractivity contribution in [1.82, 2.24) is 10.3 Å². The van der Waals surface area contributed by atoms with E-state index in [1.165, 1.54) is 15.3 Å². The third-order valence-electron chi connectivity index (χ3n) is 2.62. The minimum Gasteiger partial charge on any atom is -0.305 e. The van der Waals surface area contributed by atoms with Gasteiger partial charge in [-0.25, -0.2) is 4.98 Å². The first-order valence-corrected chi connectivity index (χ1v) is 7.17. The number of nitrogens with zero attached hydrogens (tertiary/aromatic N) is 1. The normalized spacial score (nSPS) is 12.9. The Hall–Kier alpha value is -0.710. The summed E-state index contributed by atoms with van der Waals surface area (Å²) in [7, 11) is 0. The maximum absolute atomic E-state index is 4.34. The van der Waals surface area contributed by atoms with E-state index in [9.17, 15) is 0 Å². The lowest BCUT2D eigenvalue weighted by Gasteiger charge is -2.16. The molecule has 16 heavy (non-hydrogen) atoms. The van der Waals surface area contributed by atoms with E-state index in [1.54, 1.807) is 11.3 Å². The van der Waals surface area contributed by atoms with Gasteiger partial charge in [-0.05, 0) is 37.4 Å². The molecule has 0 saturated heterocycles. The van der Waals surface area contributed by atoms with Crippen molar-refractivity contribution in [3.05, 3.63) is 38.0 Å². The third-order valence-corrected chi connectivity index (χ3v) is 4.70. The first-order chi connectivity index (χ1) is 7.74. The zero-order valence-corrected chi connectivity index (χ0v) is 11.4. The summed E-state index contributed by atoms with van der Waals surface area (Å²) in [5, 5.41) is 5.71. The first kappa shape index (κ1) is 11.8. The summed E-state index contributed by atoms with van der Waals surface area (Å²) in [6.45, 7) is 7.37. The number of rotatable bonds is 4. The predicted octanol–water partition coefficient (Wildman–Crippen LogP) is 3.52. The molecule has 1 unspecified atom stereocenters. The number of thiazole rings is 1. The van der Waals surface area contributed by atoms with Crippen LogP contribution in [0.3, 0.4) is 0 Å². The molecule has 0 bridgehead atoms. The number of aryl methyl sites for hydroxylation is 2. The van der Waals surface area contributed by atoms with Crippen LogP contribution in [0.25, 0.3) is 0 Å². The van der Waals surface area contributed by atoms with Gasteiger partial charge in [-0.3, -0.25) is 0 Å². The maximum atomic E-state index is 4.34. The van der Waals surface area contributed by atoms with E-state index in [0.29, 0.717) is 6.04 Å². The van der Waals surface area contributed by atoms with Crippen LogP contribution in [-0.4, -0.2) is 11.5 Å². The zero-order chi connectivity index (χ0) is 11.5. The number of hydrogen-bond acceptors (Lipinski definition) is 4. The Morgan fingerprint density at radius 3 is 2.62 bits per heavy atom. The molecule has 86 valence electrons. The molecule has 2 rings (SSSR count). The van der Waals surface area contributed by atoms with Crippen molar-refractivity contribution < 1.29 is 0 Å². The van der Waals surface area contributed by atoms with Gasteiger partial charge in [0.25, 0.3) is 0 Å². The minimum atomic E-state index is 0.317. The number of nitrogens with one attached hydrogen (secondary N) is 1. The molecule has 0 aliphatic carbocycles. The highest BCUT2D eigenvalue weighted by Gasteiger charge is 2.19. The second-order valence-corrected chi connectivity index (χ2v) is 5.59. The molecule has 4 heteroatoms.